The molecule has 1 atom stereocenters. The van der Waals surface area contributed by atoms with Crippen molar-refractivity contribution in [1.29, 1.82) is 0 Å². The molecule has 0 radical (unpaired) electrons. The highest BCUT2D eigenvalue weighted by molar-refractivity contribution is 6.12. The predicted octanol–water partition coefficient (Wildman–Crippen LogP) is 0.527. The summed E-state index contributed by atoms with van der Waals surface area (Å²) < 4.78 is 16.1. The Hall–Kier alpha value is -2.10. The van der Waals surface area contributed by atoms with Crippen LogP contribution in [0.2, 0.25) is 0 Å². The van der Waals surface area contributed by atoms with Crippen LogP contribution < -0.4 is 0 Å². The monoisotopic (exact) mass is 410 g/mol. The normalized spacial score (nSPS) is 19.3. The minimum absolute atomic E-state index is 0.0754. The number of amides is 4. The van der Waals surface area contributed by atoms with Gasteiger partial charge in [0.05, 0.1) is 52.7 Å². The highest BCUT2D eigenvalue weighted by Crippen LogP contribution is 2.24. The molecule has 2 aliphatic rings. The zero-order valence-corrected chi connectivity index (χ0v) is 17.0. The topological polar surface area (TPSA) is 102 Å². The molecule has 9 heteroatoms. The molecule has 0 N–H and O–H groups in total. The molecule has 0 bridgehead atoms. The lowest BCUT2D eigenvalue weighted by atomic mass is 10.0. The zero-order valence-electron chi connectivity index (χ0n) is 17.0. The number of hydrogen-bond acceptors (Lipinski definition) is 7. The van der Waals surface area contributed by atoms with Gasteiger partial charge in [-0.2, -0.15) is 0 Å². The first kappa shape index (κ1) is 23.2. The summed E-state index contributed by atoms with van der Waals surface area (Å²) in [6.45, 7) is 4.57. The van der Waals surface area contributed by atoms with E-state index in [1.54, 1.807) is 0 Å². The van der Waals surface area contributed by atoms with E-state index in [9.17, 15) is 19.2 Å². The van der Waals surface area contributed by atoms with Crippen molar-refractivity contribution in [1.82, 2.24) is 9.80 Å². The van der Waals surface area contributed by atoms with Crippen LogP contribution in [0.3, 0.4) is 0 Å². The lowest BCUT2D eigenvalue weighted by molar-refractivity contribution is -0.141. The number of unbranched alkanes of at least 4 members (excludes halogenated alkanes) is 1. The Morgan fingerprint density at radius 1 is 0.828 bits per heavy atom. The highest BCUT2D eigenvalue weighted by Gasteiger charge is 2.37. The molecule has 2 aliphatic heterocycles. The molecular formula is C20H30N2O7. The van der Waals surface area contributed by atoms with Crippen LogP contribution in [-0.4, -0.2) is 86.2 Å². The van der Waals surface area contributed by atoms with E-state index < -0.39 is 0 Å². The fourth-order valence-electron chi connectivity index (χ4n) is 3.17. The van der Waals surface area contributed by atoms with Crippen LogP contribution in [0.5, 0.6) is 0 Å². The quantitative estimate of drug-likeness (QED) is 0.287. The largest absolute Gasteiger partial charge is 0.377 e. The van der Waals surface area contributed by atoms with E-state index in [4.69, 9.17) is 14.2 Å². The molecule has 1 unspecified atom stereocenters. The van der Waals surface area contributed by atoms with Crippen molar-refractivity contribution >= 4 is 23.6 Å². The molecule has 29 heavy (non-hydrogen) atoms. The van der Waals surface area contributed by atoms with Crippen molar-refractivity contribution in [2.45, 2.75) is 32.6 Å². The predicted molar refractivity (Wildman–Crippen MR) is 103 cm³/mol. The Bertz CT molecular complexity index is 602. The van der Waals surface area contributed by atoms with Gasteiger partial charge in [0, 0.05) is 24.5 Å². The number of ether oxygens (including phenoxy) is 3. The summed E-state index contributed by atoms with van der Waals surface area (Å²) in [6, 6.07) is 0. The second kappa shape index (κ2) is 12.5. The number of imide groups is 2. The molecule has 0 spiro atoms. The van der Waals surface area contributed by atoms with Crippen molar-refractivity contribution in [3.63, 3.8) is 0 Å². The SMILES string of the molecule is CCCCC1CC(=O)N(CCOCCOCCOCCN2C(=O)C=CC2=O)C1=O. The average Bonchev–Trinajstić information content (AvgIpc) is 3.16. The maximum absolute atomic E-state index is 12.2. The van der Waals surface area contributed by atoms with E-state index in [0.717, 1.165) is 24.2 Å². The smallest absolute Gasteiger partial charge is 0.253 e. The van der Waals surface area contributed by atoms with E-state index in [2.05, 4.69) is 6.92 Å². The van der Waals surface area contributed by atoms with E-state index in [1.807, 2.05) is 0 Å². The zero-order chi connectivity index (χ0) is 21.1. The molecular weight excluding hydrogens is 380 g/mol. The van der Waals surface area contributed by atoms with Gasteiger partial charge in [0.25, 0.3) is 11.8 Å². The lowest BCUT2D eigenvalue weighted by Gasteiger charge is -2.15. The van der Waals surface area contributed by atoms with Crippen molar-refractivity contribution in [3.05, 3.63) is 12.2 Å². The Kier molecular flexibility index (Phi) is 9.96. The summed E-state index contributed by atoms with van der Waals surface area (Å²) >= 11 is 0. The Morgan fingerprint density at radius 2 is 1.34 bits per heavy atom. The van der Waals surface area contributed by atoms with Gasteiger partial charge in [-0.3, -0.25) is 29.0 Å². The molecule has 9 nitrogen and oxygen atoms in total. The molecule has 0 aliphatic carbocycles. The molecule has 2 rings (SSSR count). The molecule has 0 aromatic rings. The maximum Gasteiger partial charge on any atom is 0.253 e. The van der Waals surface area contributed by atoms with Crippen LogP contribution in [0, 0.1) is 5.92 Å². The fraction of sp³-hybridized carbons (Fsp3) is 0.700. The molecule has 0 aromatic carbocycles. The summed E-state index contributed by atoms with van der Waals surface area (Å²) in [6.07, 6.45) is 5.55. The Balaban J connectivity index is 1.42. The van der Waals surface area contributed by atoms with Crippen LogP contribution in [0.1, 0.15) is 32.6 Å². The molecule has 2 heterocycles. The van der Waals surface area contributed by atoms with Gasteiger partial charge in [-0.1, -0.05) is 19.8 Å². The summed E-state index contributed by atoms with van der Waals surface area (Å²) in [7, 11) is 0. The van der Waals surface area contributed by atoms with Gasteiger partial charge in [-0.15, -0.1) is 0 Å². The van der Waals surface area contributed by atoms with Gasteiger partial charge >= 0.3 is 0 Å². The molecule has 0 aromatic heterocycles. The number of hydrogen-bond donors (Lipinski definition) is 0. The summed E-state index contributed by atoms with van der Waals surface area (Å²) in [5.74, 6) is -0.986. The van der Waals surface area contributed by atoms with E-state index in [0.29, 0.717) is 39.5 Å². The van der Waals surface area contributed by atoms with Crippen molar-refractivity contribution in [2.75, 3.05) is 52.7 Å². The molecule has 0 saturated carbocycles. The summed E-state index contributed by atoms with van der Waals surface area (Å²) in [5.41, 5.74) is 0. The molecule has 1 saturated heterocycles. The minimum Gasteiger partial charge on any atom is -0.377 e. The third-order valence-electron chi connectivity index (χ3n) is 4.81. The molecule has 162 valence electrons. The van der Waals surface area contributed by atoms with Gasteiger partial charge in [0.1, 0.15) is 0 Å². The van der Waals surface area contributed by atoms with Gasteiger partial charge in [-0.05, 0) is 6.42 Å². The number of nitrogens with zero attached hydrogens (tertiary/aromatic N) is 2. The number of rotatable bonds is 15. The number of carbonyl (C=O) groups is 4. The van der Waals surface area contributed by atoms with Crippen LogP contribution in [0.25, 0.3) is 0 Å². The first-order valence-electron chi connectivity index (χ1n) is 10.2. The molecule has 1 fully saturated rings. The molecule has 4 amide bonds. The second-order valence-corrected chi connectivity index (χ2v) is 6.93. The first-order chi connectivity index (χ1) is 14.0. The minimum atomic E-state index is -0.319. The number of likely N-dealkylation sites (tertiary alicyclic amines) is 1. The Morgan fingerprint density at radius 3 is 1.90 bits per heavy atom. The second-order valence-electron chi connectivity index (χ2n) is 6.93. The number of carbonyl (C=O) groups excluding carboxylic acids is 4. The summed E-state index contributed by atoms with van der Waals surface area (Å²) in [4.78, 5) is 49.2. The Labute approximate surface area is 170 Å². The third kappa shape index (κ3) is 7.34. The average molecular weight is 410 g/mol. The van der Waals surface area contributed by atoms with Crippen LogP contribution in [-0.2, 0) is 33.4 Å². The van der Waals surface area contributed by atoms with Crippen LogP contribution in [0.15, 0.2) is 12.2 Å². The van der Waals surface area contributed by atoms with Crippen LogP contribution >= 0.6 is 0 Å². The van der Waals surface area contributed by atoms with E-state index in [-0.39, 0.29) is 49.2 Å². The van der Waals surface area contributed by atoms with Gasteiger partial charge in [0.2, 0.25) is 11.8 Å². The first-order valence-corrected chi connectivity index (χ1v) is 10.2. The van der Waals surface area contributed by atoms with Crippen LogP contribution in [0.4, 0.5) is 0 Å². The van der Waals surface area contributed by atoms with Gasteiger partial charge in [-0.25, -0.2) is 0 Å². The maximum atomic E-state index is 12.2. The van der Waals surface area contributed by atoms with E-state index >= 15 is 0 Å². The third-order valence-corrected chi connectivity index (χ3v) is 4.81. The highest BCUT2D eigenvalue weighted by atomic mass is 16.5. The van der Waals surface area contributed by atoms with Crippen molar-refractivity contribution < 1.29 is 33.4 Å². The van der Waals surface area contributed by atoms with Crippen molar-refractivity contribution in [2.24, 2.45) is 5.92 Å². The summed E-state index contributed by atoms with van der Waals surface area (Å²) in [5, 5.41) is 0. The standard InChI is InChI=1S/C20H30N2O7/c1-2-3-4-16-15-19(25)22(20(16)26)8-10-28-12-14-29-13-11-27-9-7-21-17(23)5-6-18(21)24/h5-6,16H,2-4,7-15H2,1H3. The lowest BCUT2D eigenvalue weighted by Crippen LogP contribution is -2.34. The van der Waals surface area contributed by atoms with Crippen molar-refractivity contribution in [3.8, 4) is 0 Å². The fourth-order valence-corrected chi connectivity index (χ4v) is 3.17. The van der Waals surface area contributed by atoms with Gasteiger partial charge in [0.15, 0.2) is 0 Å². The van der Waals surface area contributed by atoms with Gasteiger partial charge < -0.3 is 14.2 Å². The van der Waals surface area contributed by atoms with E-state index in [1.165, 1.54) is 17.1 Å².